The molecule has 1 aliphatic carbocycles. The van der Waals surface area contributed by atoms with Gasteiger partial charge in [0.1, 0.15) is 0 Å². The molecule has 1 aromatic heterocycles. The molecule has 68 valence electrons. The fraction of sp³-hybridized carbons (Fsp3) is 0.556. The predicted molar refractivity (Wildman–Crippen MR) is 56.4 cm³/mol. The summed E-state index contributed by atoms with van der Waals surface area (Å²) in [7, 11) is 2.06. The van der Waals surface area contributed by atoms with Gasteiger partial charge in [0.15, 0.2) is 0 Å². The highest BCUT2D eigenvalue weighted by Crippen LogP contribution is 2.25. The average Bonchev–Trinajstić information content (AvgIpc) is 2.50. The fourth-order valence-electron chi connectivity index (χ4n) is 1.67. The molecular weight excluding hydrogens is 190 g/mol. The van der Waals surface area contributed by atoms with Gasteiger partial charge in [0.2, 0.25) is 0 Å². The summed E-state index contributed by atoms with van der Waals surface area (Å²) in [4.78, 5) is 1.59. The summed E-state index contributed by atoms with van der Waals surface area (Å²) in [5.41, 5.74) is 1.58. The maximum absolute atomic E-state index is 3.34. The van der Waals surface area contributed by atoms with Gasteiger partial charge in [-0.25, -0.2) is 0 Å². The SMILES string of the molecule is CNC1CCc2ccsc2C1.Cl. The second-order valence-corrected chi connectivity index (χ2v) is 4.10. The van der Waals surface area contributed by atoms with E-state index in [2.05, 4.69) is 23.8 Å². The average molecular weight is 204 g/mol. The van der Waals surface area contributed by atoms with E-state index in [9.17, 15) is 0 Å². The van der Waals surface area contributed by atoms with E-state index in [0.717, 1.165) is 6.04 Å². The van der Waals surface area contributed by atoms with Crippen molar-refractivity contribution in [1.82, 2.24) is 5.32 Å². The third-order valence-corrected chi connectivity index (χ3v) is 3.43. The number of likely N-dealkylation sites (N-methyl/N-ethyl adjacent to an activating group) is 1. The number of halogens is 1. The smallest absolute Gasteiger partial charge is 0.0116 e. The summed E-state index contributed by atoms with van der Waals surface area (Å²) >= 11 is 1.90. The molecular formula is C9H14ClNS. The highest BCUT2D eigenvalue weighted by Gasteiger charge is 2.17. The lowest BCUT2D eigenvalue weighted by molar-refractivity contribution is 0.501. The first kappa shape index (κ1) is 10.0. The van der Waals surface area contributed by atoms with Gasteiger partial charge in [-0.05, 0) is 43.3 Å². The Balaban J connectivity index is 0.000000720. The van der Waals surface area contributed by atoms with Crippen molar-refractivity contribution >= 4 is 23.7 Å². The van der Waals surface area contributed by atoms with Gasteiger partial charge in [-0.15, -0.1) is 23.7 Å². The lowest BCUT2D eigenvalue weighted by Gasteiger charge is -2.20. The van der Waals surface area contributed by atoms with Crippen molar-refractivity contribution in [2.24, 2.45) is 0 Å². The Hall–Kier alpha value is -0.0500. The second-order valence-electron chi connectivity index (χ2n) is 3.10. The van der Waals surface area contributed by atoms with Crippen LogP contribution in [0.3, 0.4) is 0 Å². The minimum absolute atomic E-state index is 0. The maximum Gasteiger partial charge on any atom is 0.0116 e. The number of rotatable bonds is 1. The molecule has 0 bridgehead atoms. The summed E-state index contributed by atoms with van der Waals surface area (Å²) in [6.45, 7) is 0. The third-order valence-electron chi connectivity index (χ3n) is 2.44. The minimum Gasteiger partial charge on any atom is -0.317 e. The van der Waals surface area contributed by atoms with Gasteiger partial charge in [0.25, 0.3) is 0 Å². The molecule has 12 heavy (non-hydrogen) atoms. The quantitative estimate of drug-likeness (QED) is 0.739. The number of fused-ring (bicyclic) bond motifs is 1. The van der Waals surface area contributed by atoms with E-state index in [1.807, 2.05) is 11.3 Å². The van der Waals surface area contributed by atoms with Crippen LogP contribution in [0, 0.1) is 0 Å². The number of thiophene rings is 1. The van der Waals surface area contributed by atoms with Gasteiger partial charge in [0.05, 0.1) is 0 Å². The van der Waals surface area contributed by atoms with Gasteiger partial charge < -0.3 is 5.32 Å². The molecule has 1 atom stereocenters. The van der Waals surface area contributed by atoms with Crippen molar-refractivity contribution < 1.29 is 0 Å². The molecule has 0 spiro atoms. The van der Waals surface area contributed by atoms with Crippen LogP contribution in [0.4, 0.5) is 0 Å². The summed E-state index contributed by atoms with van der Waals surface area (Å²) < 4.78 is 0. The molecule has 1 nitrogen and oxygen atoms in total. The molecule has 0 saturated heterocycles. The number of hydrogen-bond donors (Lipinski definition) is 1. The standard InChI is InChI=1S/C9H13NS.ClH/c1-10-8-3-2-7-4-5-11-9(7)6-8;/h4-5,8,10H,2-3,6H2,1H3;1H. The molecule has 1 aliphatic rings. The van der Waals surface area contributed by atoms with Crippen LogP contribution in [-0.2, 0) is 12.8 Å². The highest BCUT2D eigenvalue weighted by molar-refractivity contribution is 7.10. The molecule has 0 aliphatic heterocycles. The summed E-state index contributed by atoms with van der Waals surface area (Å²) in [5, 5.41) is 5.55. The zero-order valence-electron chi connectivity index (χ0n) is 7.17. The van der Waals surface area contributed by atoms with Crippen molar-refractivity contribution in [3.8, 4) is 0 Å². The molecule has 1 unspecified atom stereocenters. The zero-order chi connectivity index (χ0) is 7.68. The van der Waals surface area contributed by atoms with Crippen LogP contribution >= 0.6 is 23.7 Å². The lowest BCUT2D eigenvalue weighted by Crippen LogP contribution is -2.30. The number of nitrogens with one attached hydrogen (secondary N) is 1. The monoisotopic (exact) mass is 203 g/mol. The second kappa shape index (κ2) is 4.26. The molecule has 1 aromatic rings. The summed E-state index contributed by atoms with van der Waals surface area (Å²) in [5.74, 6) is 0. The van der Waals surface area contributed by atoms with Crippen LogP contribution in [0.1, 0.15) is 16.9 Å². The van der Waals surface area contributed by atoms with E-state index in [1.54, 1.807) is 10.4 Å². The molecule has 0 saturated carbocycles. The molecule has 2 rings (SSSR count). The summed E-state index contributed by atoms with van der Waals surface area (Å²) in [6, 6.07) is 2.99. The van der Waals surface area contributed by atoms with Crippen molar-refractivity contribution in [2.45, 2.75) is 25.3 Å². The number of aryl methyl sites for hydroxylation is 1. The van der Waals surface area contributed by atoms with Crippen LogP contribution < -0.4 is 5.32 Å². The Morgan fingerprint density at radius 1 is 1.58 bits per heavy atom. The van der Waals surface area contributed by atoms with E-state index in [-0.39, 0.29) is 12.4 Å². The molecule has 0 amide bonds. The van der Waals surface area contributed by atoms with Crippen LogP contribution in [0.15, 0.2) is 11.4 Å². The van der Waals surface area contributed by atoms with Crippen LogP contribution in [0.25, 0.3) is 0 Å². The molecule has 3 heteroatoms. The Bertz CT molecular complexity index is 246. The zero-order valence-corrected chi connectivity index (χ0v) is 8.80. The maximum atomic E-state index is 3.34. The van der Waals surface area contributed by atoms with Crippen molar-refractivity contribution in [3.05, 3.63) is 21.9 Å². The normalized spacial score (nSPS) is 21.2. The molecule has 1 heterocycles. The van der Waals surface area contributed by atoms with E-state index in [0.29, 0.717) is 0 Å². The lowest BCUT2D eigenvalue weighted by atomic mass is 9.95. The Labute approximate surface area is 83.6 Å². The largest absolute Gasteiger partial charge is 0.317 e. The third kappa shape index (κ3) is 1.82. The topological polar surface area (TPSA) is 12.0 Å². The Morgan fingerprint density at radius 2 is 2.42 bits per heavy atom. The van der Waals surface area contributed by atoms with Crippen molar-refractivity contribution in [1.29, 1.82) is 0 Å². The van der Waals surface area contributed by atoms with Crippen LogP contribution in [-0.4, -0.2) is 13.1 Å². The first-order valence-electron chi connectivity index (χ1n) is 4.12. The van der Waals surface area contributed by atoms with Crippen LogP contribution in [0.5, 0.6) is 0 Å². The van der Waals surface area contributed by atoms with Gasteiger partial charge in [-0.3, -0.25) is 0 Å². The van der Waals surface area contributed by atoms with E-state index >= 15 is 0 Å². The first-order chi connectivity index (χ1) is 5.40. The molecule has 1 N–H and O–H groups in total. The van der Waals surface area contributed by atoms with E-state index in [1.165, 1.54) is 19.3 Å². The van der Waals surface area contributed by atoms with Gasteiger partial charge >= 0.3 is 0 Å². The van der Waals surface area contributed by atoms with Crippen molar-refractivity contribution in [3.63, 3.8) is 0 Å². The predicted octanol–water partition coefficient (Wildman–Crippen LogP) is 2.25. The fourth-order valence-corrected chi connectivity index (χ4v) is 2.69. The number of hydrogen-bond acceptors (Lipinski definition) is 2. The van der Waals surface area contributed by atoms with E-state index < -0.39 is 0 Å². The summed E-state index contributed by atoms with van der Waals surface area (Å²) in [6.07, 6.45) is 3.81. The van der Waals surface area contributed by atoms with E-state index in [4.69, 9.17) is 0 Å². The first-order valence-corrected chi connectivity index (χ1v) is 5.00. The minimum atomic E-state index is 0. The van der Waals surface area contributed by atoms with Crippen LogP contribution in [0.2, 0.25) is 0 Å². The molecule has 0 fully saturated rings. The Kier molecular flexibility index (Phi) is 3.56. The van der Waals surface area contributed by atoms with Crippen molar-refractivity contribution in [2.75, 3.05) is 7.05 Å². The molecule has 0 aromatic carbocycles. The van der Waals surface area contributed by atoms with Gasteiger partial charge in [0, 0.05) is 10.9 Å². The van der Waals surface area contributed by atoms with Gasteiger partial charge in [-0.1, -0.05) is 0 Å². The van der Waals surface area contributed by atoms with Gasteiger partial charge in [-0.2, -0.15) is 0 Å². The Morgan fingerprint density at radius 3 is 3.17 bits per heavy atom. The molecule has 0 radical (unpaired) electrons. The highest BCUT2D eigenvalue weighted by atomic mass is 35.5.